The predicted octanol–water partition coefficient (Wildman–Crippen LogP) is 0.712. The second-order valence-electron chi connectivity index (χ2n) is 5.95. The number of likely N-dealkylation sites (N-methyl/N-ethyl adjacent to an activating group) is 1. The van der Waals surface area contributed by atoms with E-state index in [4.69, 9.17) is 0 Å². The molecule has 20 heavy (non-hydrogen) atoms. The number of hydrogen-bond acceptors (Lipinski definition) is 3. The molecule has 0 aromatic carbocycles. The van der Waals surface area contributed by atoms with Gasteiger partial charge in [0.25, 0.3) is 0 Å². The fourth-order valence-corrected chi connectivity index (χ4v) is 3.07. The Morgan fingerprint density at radius 1 is 1.20 bits per heavy atom. The van der Waals surface area contributed by atoms with E-state index in [9.17, 15) is 19.5 Å². The Morgan fingerprint density at radius 3 is 2.40 bits per heavy atom. The lowest BCUT2D eigenvalue weighted by molar-refractivity contribution is -0.157. The highest BCUT2D eigenvalue weighted by Gasteiger charge is 2.42. The maximum absolute atomic E-state index is 12.3. The quantitative estimate of drug-likeness (QED) is 0.827. The Kier molecular flexibility index (Phi) is 4.30. The van der Waals surface area contributed by atoms with Crippen LogP contribution in [0, 0.1) is 5.41 Å². The minimum absolute atomic E-state index is 0.0271. The maximum Gasteiger partial charge on any atom is 0.310 e. The highest BCUT2D eigenvalue weighted by Crippen LogP contribution is 2.40. The highest BCUT2D eigenvalue weighted by molar-refractivity contribution is 5.89. The molecule has 1 heterocycles. The van der Waals surface area contributed by atoms with Gasteiger partial charge in [0, 0.05) is 26.6 Å². The third-order valence-corrected chi connectivity index (χ3v) is 4.56. The standard InChI is InChI=1S/C14H22N2O4/c1-15-7-8-16(10-12(15)18)11(17)9-14(13(19)20)5-3-2-4-6-14/h2-10H2,1H3,(H,19,20). The zero-order valence-corrected chi connectivity index (χ0v) is 11.9. The zero-order chi connectivity index (χ0) is 14.8. The van der Waals surface area contributed by atoms with E-state index in [-0.39, 0.29) is 24.8 Å². The number of carboxylic acid groups (broad SMARTS) is 1. The van der Waals surface area contributed by atoms with E-state index >= 15 is 0 Å². The molecule has 6 nitrogen and oxygen atoms in total. The van der Waals surface area contributed by atoms with E-state index in [1.807, 2.05) is 0 Å². The molecular formula is C14H22N2O4. The summed E-state index contributed by atoms with van der Waals surface area (Å²) < 4.78 is 0. The van der Waals surface area contributed by atoms with Crippen LogP contribution in [-0.4, -0.2) is 59.4 Å². The molecule has 2 aliphatic rings. The Hall–Kier alpha value is -1.59. The van der Waals surface area contributed by atoms with Gasteiger partial charge in [-0.3, -0.25) is 14.4 Å². The first-order chi connectivity index (χ1) is 9.44. The summed E-state index contributed by atoms with van der Waals surface area (Å²) in [6.07, 6.45) is 3.92. The topological polar surface area (TPSA) is 77.9 Å². The number of amides is 2. The molecule has 0 aromatic rings. The molecule has 0 unspecified atom stereocenters. The van der Waals surface area contributed by atoms with E-state index in [1.54, 1.807) is 11.9 Å². The van der Waals surface area contributed by atoms with Gasteiger partial charge >= 0.3 is 5.97 Å². The van der Waals surface area contributed by atoms with Crippen LogP contribution in [0.2, 0.25) is 0 Å². The summed E-state index contributed by atoms with van der Waals surface area (Å²) in [7, 11) is 1.71. The molecule has 0 bridgehead atoms. The third kappa shape index (κ3) is 2.94. The van der Waals surface area contributed by atoms with Crippen molar-refractivity contribution in [1.29, 1.82) is 0 Å². The molecule has 0 atom stereocenters. The lowest BCUT2D eigenvalue weighted by Gasteiger charge is -2.37. The van der Waals surface area contributed by atoms with Crippen LogP contribution >= 0.6 is 0 Å². The van der Waals surface area contributed by atoms with Crippen LogP contribution in [0.25, 0.3) is 0 Å². The van der Waals surface area contributed by atoms with Gasteiger partial charge in [0.15, 0.2) is 0 Å². The van der Waals surface area contributed by atoms with Gasteiger partial charge in [0.1, 0.15) is 0 Å². The van der Waals surface area contributed by atoms with Crippen molar-refractivity contribution >= 4 is 17.8 Å². The summed E-state index contributed by atoms with van der Waals surface area (Å²) in [5, 5.41) is 9.48. The van der Waals surface area contributed by atoms with Crippen molar-refractivity contribution in [1.82, 2.24) is 9.80 Å². The first-order valence-electron chi connectivity index (χ1n) is 7.20. The molecule has 0 aromatic heterocycles. The summed E-state index contributed by atoms with van der Waals surface area (Å²) >= 11 is 0. The SMILES string of the molecule is CN1CCN(C(=O)CC2(C(=O)O)CCCCC2)CC1=O. The molecular weight excluding hydrogens is 260 g/mol. The van der Waals surface area contributed by atoms with Gasteiger partial charge in [-0.25, -0.2) is 0 Å². The number of aliphatic carboxylic acids is 1. The third-order valence-electron chi connectivity index (χ3n) is 4.56. The molecule has 0 spiro atoms. The van der Waals surface area contributed by atoms with Crippen molar-refractivity contribution in [3.8, 4) is 0 Å². The van der Waals surface area contributed by atoms with Crippen LogP contribution in [0.4, 0.5) is 0 Å². The van der Waals surface area contributed by atoms with Crippen LogP contribution in [0.5, 0.6) is 0 Å². The smallest absolute Gasteiger partial charge is 0.310 e. The molecule has 0 radical (unpaired) electrons. The van der Waals surface area contributed by atoms with E-state index in [0.717, 1.165) is 19.3 Å². The minimum Gasteiger partial charge on any atom is -0.481 e. The first-order valence-corrected chi connectivity index (χ1v) is 7.20. The van der Waals surface area contributed by atoms with Gasteiger partial charge in [-0.1, -0.05) is 19.3 Å². The van der Waals surface area contributed by atoms with E-state index in [0.29, 0.717) is 25.9 Å². The number of hydrogen-bond donors (Lipinski definition) is 1. The number of piperazine rings is 1. The molecule has 6 heteroatoms. The molecule has 2 amide bonds. The molecule has 1 saturated carbocycles. The zero-order valence-electron chi connectivity index (χ0n) is 11.9. The van der Waals surface area contributed by atoms with Crippen molar-refractivity contribution in [2.24, 2.45) is 5.41 Å². The summed E-state index contributed by atoms with van der Waals surface area (Å²) in [6.45, 7) is 1.09. The van der Waals surface area contributed by atoms with Gasteiger partial charge in [-0.2, -0.15) is 0 Å². The van der Waals surface area contributed by atoms with Crippen molar-refractivity contribution in [3.63, 3.8) is 0 Å². The van der Waals surface area contributed by atoms with Crippen molar-refractivity contribution < 1.29 is 19.5 Å². The van der Waals surface area contributed by atoms with Crippen molar-refractivity contribution in [2.45, 2.75) is 38.5 Å². The Bertz CT molecular complexity index is 415. The van der Waals surface area contributed by atoms with E-state index in [2.05, 4.69) is 0 Å². The monoisotopic (exact) mass is 282 g/mol. The maximum atomic E-state index is 12.3. The Labute approximate surface area is 118 Å². The van der Waals surface area contributed by atoms with Gasteiger partial charge in [-0.15, -0.1) is 0 Å². The fraction of sp³-hybridized carbons (Fsp3) is 0.786. The second kappa shape index (κ2) is 5.81. The van der Waals surface area contributed by atoms with Gasteiger partial charge < -0.3 is 14.9 Å². The second-order valence-corrected chi connectivity index (χ2v) is 5.95. The van der Waals surface area contributed by atoms with Crippen LogP contribution in [0.15, 0.2) is 0 Å². The van der Waals surface area contributed by atoms with Gasteiger partial charge in [0.2, 0.25) is 11.8 Å². The van der Waals surface area contributed by atoms with Crippen LogP contribution in [-0.2, 0) is 14.4 Å². The minimum atomic E-state index is -0.915. The molecule has 2 fully saturated rings. The fourth-order valence-electron chi connectivity index (χ4n) is 3.07. The lowest BCUT2D eigenvalue weighted by Crippen LogP contribution is -2.52. The van der Waals surface area contributed by atoms with E-state index < -0.39 is 11.4 Å². The summed E-state index contributed by atoms with van der Waals surface area (Å²) in [4.78, 5) is 38.6. The predicted molar refractivity (Wildman–Crippen MR) is 72.0 cm³/mol. The Balaban J connectivity index is 2.02. The molecule has 1 aliphatic carbocycles. The van der Waals surface area contributed by atoms with Crippen LogP contribution in [0.1, 0.15) is 38.5 Å². The van der Waals surface area contributed by atoms with Crippen molar-refractivity contribution in [2.75, 3.05) is 26.7 Å². The normalized spacial score (nSPS) is 22.8. The largest absolute Gasteiger partial charge is 0.481 e. The van der Waals surface area contributed by atoms with Gasteiger partial charge in [-0.05, 0) is 12.8 Å². The molecule has 1 N–H and O–H groups in total. The summed E-state index contributed by atoms with van der Waals surface area (Å²) in [6, 6.07) is 0. The molecule has 1 aliphatic heterocycles. The van der Waals surface area contributed by atoms with Gasteiger partial charge in [0.05, 0.1) is 12.0 Å². The number of nitrogens with zero attached hydrogens (tertiary/aromatic N) is 2. The van der Waals surface area contributed by atoms with E-state index in [1.165, 1.54) is 4.90 Å². The Morgan fingerprint density at radius 2 is 1.85 bits per heavy atom. The van der Waals surface area contributed by atoms with Crippen LogP contribution in [0.3, 0.4) is 0 Å². The number of carbonyl (C=O) groups is 3. The van der Waals surface area contributed by atoms with Crippen molar-refractivity contribution in [3.05, 3.63) is 0 Å². The number of carboxylic acids is 1. The first kappa shape index (κ1) is 14.8. The lowest BCUT2D eigenvalue weighted by atomic mass is 9.71. The highest BCUT2D eigenvalue weighted by atomic mass is 16.4. The molecule has 1 saturated heterocycles. The average Bonchev–Trinajstić information content (AvgIpc) is 2.42. The number of rotatable bonds is 3. The van der Waals surface area contributed by atoms with Crippen LogP contribution < -0.4 is 0 Å². The summed E-state index contributed by atoms with van der Waals surface area (Å²) in [5.74, 6) is -1.15. The molecule has 112 valence electrons. The summed E-state index contributed by atoms with van der Waals surface area (Å²) in [5.41, 5.74) is -0.915. The molecule has 2 rings (SSSR count). The number of carbonyl (C=O) groups excluding carboxylic acids is 2. The average molecular weight is 282 g/mol.